The summed E-state index contributed by atoms with van der Waals surface area (Å²) in [6, 6.07) is 7.47. The number of hydrogen-bond acceptors (Lipinski definition) is 9. The molecule has 9 nitrogen and oxygen atoms in total. The number of aryl methyl sites for hydroxylation is 1. The molecule has 1 amide bonds. The first kappa shape index (κ1) is 27.2. The molecule has 0 aromatic carbocycles. The van der Waals surface area contributed by atoms with E-state index in [9.17, 15) is 18.0 Å². The molecule has 2 fully saturated rings. The minimum Gasteiger partial charge on any atom is -0.474 e. The predicted octanol–water partition coefficient (Wildman–Crippen LogP) is 4.73. The van der Waals surface area contributed by atoms with Crippen molar-refractivity contribution in [3.63, 3.8) is 0 Å². The Balaban J connectivity index is 1.16. The predicted molar refractivity (Wildman–Crippen MR) is 145 cm³/mol. The summed E-state index contributed by atoms with van der Waals surface area (Å²) in [7, 11) is 0. The summed E-state index contributed by atoms with van der Waals surface area (Å²) in [5.74, 6) is 1.04. The molecule has 6 rings (SSSR count). The lowest BCUT2D eigenvalue weighted by molar-refractivity contribution is -0.141. The Morgan fingerprint density at radius 1 is 1.07 bits per heavy atom. The first-order valence-corrected chi connectivity index (χ1v) is 13.8. The van der Waals surface area contributed by atoms with Crippen molar-refractivity contribution in [3.05, 3.63) is 70.8 Å². The van der Waals surface area contributed by atoms with Crippen LogP contribution >= 0.6 is 11.3 Å². The molecule has 212 valence electrons. The van der Waals surface area contributed by atoms with Crippen LogP contribution in [-0.4, -0.2) is 54.9 Å². The first-order chi connectivity index (χ1) is 19.4. The van der Waals surface area contributed by atoms with Crippen LogP contribution in [0, 0.1) is 18.8 Å². The molecule has 4 aromatic rings. The van der Waals surface area contributed by atoms with Crippen molar-refractivity contribution in [2.24, 2.45) is 17.6 Å². The molecule has 4 aromatic heterocycles. The Labute approximate surface area is 237 Å². The number of alkyl halides is 3. The smallest absolute Gasteiger partial charge is 0.433 e. The standard InChI is InChI=1S/C28H26F3N7O2S/c1-14-23(41-25(36-14)24-33-7-4-8-34-24)26(39)38-12-17-18(13-38)22(17)40-21-10-16(27(2,3)32)9-19(37-21)15-5-6-20(35-11-15)28(29,30)31/h4-11,17-18,22H,12-13,32H2,1-3H3/t17-,18+,22?. The van der Waals surface area contributed by atoms with E-state index in [2.05, 4.69) is 24.9 Å². The fraction of sp³-hybridized carbons (Fsp3) is 0.357. The van der Waals surface area contributed by atoms with Crippen LogP contribution in [0.25, 0.3) is 22.1 Å². The van der Waals surface area contributed by atoms with E-state index in [-0.39, 0.29) is 23.8 Å². The second-order valence-corrected chi connectivity index (χ2v) is 11.9. The number of carbonyl (C=O) groups is 1. The summed E-state index contributed by atoms with van der Waals surface area (Å²) in [4.78, 5) is 36.7. The van der Waals surface area contributed by atoms with E-state index in [1.807, 2.05) is 18.7 Å². The molecule has 0 spiro atoms. The van der Waals surface area contributed by atoms with Crippen LogP contribution in [-0.2, 0) is 11.7 Å². The Kier molecular flexibility index (Phi) is 6.53. The summed E-state index contributed by atoms with van der Waals surface area (Å²) < 4.78 is 45.2. The molecule has 1 saturated carbocycles. The number of nitrogens with two attached hydrogens (primary N) is 1. The number of rotatable bonds is 6. The number of ether oxygens (including phenoxy) is 1. The molecule has 0 bridgehead atoms. The quantitative estimate of drug-likeness (QED) is 0.347. The van der Waals surface area contributed by atoms with Crippen molar-refractivity contribution in [2.45, 2.75) is 38.6 Å². The second-order valence-electron chi connectivity index (χ2n) is 10.9. The SMILES string of the molecule is Cc1nc(-c2ncccn2)sc1C(=O)N1C[C@@H]2C(Oc3cc(C(C)(C)N)cc(-c4ccc(C(F)(F)F)nc4)n3)[C@@H]2C1. The largest absolute Gasteiger partial charge is 0.474 e. The monoisotopic (exact) mass is 581 g/mol. The lowest BCUT2D eigenvalue weighted by Crippen LogP contribution is -2.33. The minimum absolute atomic E-state index is 0.0739. The number of carbonyl (C=O) groups excluding carboxylic acids is 1. The number of thiazole rings is 1. The van der Waals surface area contributed by atoms with Gasteiger partial charge in [0, 0.05) is 60.7 Å². The van der Waals surface area contributed by atoms with Crippen molar-refractivity contribution >= 4 is 17.2 Å². The van der Waals surface area contributed by atoms with Gasteiger partial charge >= 0.3 is 6.18 Å². The minimum atomic E-state index is -4.53. The van der Waals surface area contributed by atoms with Gasteiger partial charge in [0.1, 0.15) is 16.7 Å². The van der Waals surface area contributed by atoms with Crippen molar-refractivity contribution in [1.29, 1.82) is 0 Å². The van der Waals surface area contributed by atoms with Crippen LogP contribution in [0.15, 0.2) is 48.9 Å². The maximum Gasteiger partial charge on any atom is 0.433 e. The summed E-state index contributed by atoms with van der Waals surface area (Å²) in [5, 5.41) is 0.602. The van der Waals surface area contributed by atoms with Gasteiger partial charge in [-0.2, -0.15) is 13.2 Å². The van der Waals surface area contributed by atoms with Crippen LogP contribution in [0.4, 0.5) is 13.2 Å². The molecule has 2 aliphatic rings. The molecular weight excluding hydrogens is 555 g/mol. The lowest BCUT2D eigenvalue weighted by atomic mass is 9.95. The van der Waals surface area contributed by atoms with E-state index in [4.69, 9.17) is 10.5 Å². The zero-order valence-electron chi connectivity index (χ0n) is 22.4. The Morgan fingerprint density at radius 3 is 2.39 bits per heavy atom. The van der Waals surface area contributed by atoms with Gasteiger partial charge in [-0.3, -0.25) is 9.78 Å². The number of aromatic nitrogens is 5. The van der Waals surface area contributed by atoms with E-state index in [1.54, 1.807) is 37.5 Å². The third-order valence-electron chi connectivity index (χ3n) is 7.30. The number of likely N-dealkylation sites (tertiary alicyclic amines) is 1. The molecule has 1 aliphatic carbocycles. The first-order valence-electron chi connectivity index (χ1n) is 12.9. The molecule has 1 unspecified atom stereocenters. The highest BCUT2D eigenvalue weighted by Crippen LogP contribution is 2.48. The molecule has 1 saturated heterocycles. The average molecular weight is 582 g/mol. The zero-order chi connectivity index (χ0) is 29.1. The zero-order valence-corrected chi connectivity index (χ0v) is 23.2. The number of halogens is 3. The normalized spacial score (nSPS) is 20.2. The molecule has 3 atom stereocenters. The number of piperidine rings is 1. The number of pyridine rings is 2. The second kappa shape index (κ2) is 9.84. The molecule has 5 heterocycles. The van der Waals surface area contributed by atoms with Crippen molar-refractivity contribution in [1.82, 2.24) is 29.8 Å². The molecule has 2 N–H and O–H groups in total. The van der Waals surface area contributed by atoms with Gasteiger partial charge in [0.2, 0.25) is 5.88 Å². The highest BCUT2D eigenvalue weighted by Gasteiger charge is 2.59. The van der Waals surface area contributed by atoms with Crippen molar-refractivity contribution in [3.8, 4) is 28.0 Å². The highest BCUT2D eigenvalue weighted by molar-refractivity contribution is 7.17. The number of amides is 1. The van der Waals surface area contributed by atoms with Gasteiger partial charge in [-0.25, -0.2) is 19.9 Å². The fourth-order valence-corrected chi connectivity index (χ4v) is 5.98. The number of nitrogens with zero attached hydrogens (tertiary/aromatic N) is 6. The van der Waals surface area contributed by atoms with Crippen LogP contribution < -0.4 is 10.5 Å². The van der Waals surface area contributed by atoms with Crippen LogP contribution in [0.3, 0.4) is 0 Å². The Bertz CT molecular complexity index is 1590. The van der Waals surface area contributed by atoms with Gasteiger partial charge in [-0.05, 0) is 50.6 Å². The van der Waals surface area contributed by atoms with Crippen LogP contribution in [0.1, 0.15) is 40.5 Å². The summed E-state index contributed by atoms with van der Waals surface area (Å²) >= 11 is 1.28. The lowest BCUT2D eigenvalue weighted by Gasteiger charge is -2.22. The fourth-order valence-electron chi connectivity index (χ4n) is 4.99. The van der Waals surface area contributed by atoms with E-state index < -0.39 is 17.4 Å². The topological polar surface area (TPSA) is 120 Å². The molecular formula is C28H26F3N7O2S. The number of hydrogen-bond donors (Lipinski definition) is 1. The molecule has 0 radical (unpaired) electrons. The van der Waals surface area contributed by atoms with Gasteiger partial charge in [-0.15, -0.1) is 11.3 Å². The van der Waals surface area contributed by atoms with E-state index in [0.29, 0.717) is 51.6 Å². The third kappa shape index (κ3) is 5.38. The molecule has 13 heteroatoms. The summed E-state index contributed by atoms with van der Waals surface area (Å²) in [6.45, 7) is 6.54. The molecule has 1 aliphatic heterocycles. The van der Waals surface area contributed by atoms with E-state index in [1.165, 1.54) is 17.4 Å². The average Bonchev–Trinajstić information content (AvgIpc) is 3.25. The van der Waals surface area contributed by atoms with Gasteiger partial charge in [0.05, 0.1) is 11.4 Å². The van der Waals surface area contributed by atoms with Crippen LogP contribution in [0.2, 0.25) is 0 Å². The molecule has 41 heavy (non-hydrogen) atoms. The van der Waals surface area contributed by atoms with Crippen molar-refractivity contribution < 1.29 is 22.7 Å². The highest BCUT2D eigenvalue weighted by atomic mass is 32.1. The van der Waals surface area contributed by atoms with Gasteiger partial charge in [0.25, 0.3) is 5.91 Å². The maximum atomic E-state index is 13.3. The van der Waals surface area contributed by atoms with Crippen molar-refractivity contribution in [2.75, 3.05) is 13.1 Å². The van der Waals surface area contributed by atoms with Crippen LogP contribution in [0.5, 0.6) is 5.88 Å². The van der Waals surface area contributed by atoms with Gasteiger partial charge in [-0.1, -0.05) is 0 Å². The third-order valence-corrected chi connectivity index (χ3v) is 8.44. The Hall–Kier alpha value is -3.97. The maximum absolute atomic E-state index is 13.3. The Morgan fingerprint density at radius 2 is 1.78 bits per heavy atom. The summed E-state index contributed by atoms with van der Waals surface area (Å²) in [5.41, 5.74) is 6.83. The number of fused-ring (bicyclic) bond motifs is 1. The van der Waals surface area contributed by atoms with E-state index >= 15 is 0 Å². The van der Waals surface area contributed by atoms with Gasteiger partial charge in [0.15, 0.2) is 10.8 Å². The van der Waals surface area contributed by atoms with E-state index in [0.717, 1.165) is 17.8 Å². The summed E-state index contributed by atoms with van der Waals surface area (Å²) in [6.07, 6.45) is -0.239. The van der Waals surface area contributed by atoms with Gasteiger partial charge < -0.3 is 15.4 Å².